The smallest absolute Gasteiger partial charge is 0.366 e. The van der Waals surface area contributed by atoms with Crippen LogP contribution in [0.3, 0.4) is 0 Å². The molecule has 0 spiro atoms. The molecule has 2 aromatic heterocycles. The number of hydrogen-bond acceptors (Lipinski definition) is 5. The summed E-state index contributed by atoms with van der Waals surface area (Å²) in [6.07, 6.45) is -0.787. The van der Waals surface area contributed by atoms with Gasteiger partial charge in [-0.3, -0.25) is 19.3 Å². The fourth-order valence-electron chi connectivity index (χ4n) is 4.56. The maximum absolute atomic E-state index is 14.0. The van der Waals surface area contributed by atoms with Crippen molar-refractivity contribution in [3.63, 3.8) is 0 Å². The maximum Gasteiger partial charge on any atom is 0.435 e. The summed E-state index contributed by atoms with van der Waals surface area (Å²) >= 11 is 0. The Labute approximate surface area is 235 Å². The molecule has 8 nitrogen and oxygen atoms in total. The number of nitrogens with two attached hydrogens (primary N) is 1. The number of benzene rings is 1. The first-order valence-corrected chi connectivity index (χ1v) is 12.4. The van der Waals surface area contributed by atoms with Crippen LogP contribution in [0.1, 0.15) is 39.8 Å². The number of hydrogen-bond donors (Lipinski definition) is 3. The van der Waals surface area contributed by atoms with Crippen LogP contribution in [0.15, 0.2) is 67.2 Å². The summed E-state index contributed by atoms with van der Waals surface area (Å²) in [5.74, 6) is -4.43. The second-order valence-corrected chi connectivity index (χ2v) is 9.36. The van der Waals surface area contributed by atoms with E-state index in [0.29, 0.717) is 17.7 Å². The van der Waals surface area contributed by atoms with Gasteiger partial charge in [-0.2, -0.15) is 18.3 Å². The highest BCUT2D eigenvalue weighted by Gasteiger charge is 2.40. The molecule has 2 amide bonds. The number of halogens is 6. The van der Waals surface area contributed by atoms with E-state index in [4.69, 9.17) is 5.73 Å². The minimum Gasteiger partial charge on any atom is -0.366 e. The fourth-order valence-corrected chi connectivity index (χ4v) is 4.56. The molecule has 14 heteroatoms. The highest BCUT2D eigenvalue weighted by molar-refractivity contribution is 5.86. The zero-order valence-corrected chi connectivity index (χ0v) is 21.8. The van der Waals surface area contributed by atoms with Crippen molar-refractivity contribution in [2.24, 2.45) is 5.73 Å². The van der Waals surface area contributed by atoms with E-state index in [2.05, 4.69) is 27.3 Å². The van der Waals surface area contributed by atoms with Crippen molar-refractivity contribution in [2.75, 3.05) is 0 Å². The molecule has 4 N–H and O–H groups in total. The van der Waals surface area contributed by atoms with E-state index >= 15 is 0 Å². The number of carbonyl (C=O) groups excluding carboxylic acids is 2. The van der Waals surface area contributed by atoms with Crippen LogP contribution in [0.4, 0.5) is 26.3 Å². The molecule has 0 fully saturated rings. The summed E-state index contributed by atoms with van der Waals surface area (Å²) in [4.78, 5) is 28.4. The lowest BCUT2D eigenvalue weighted by molar-refractivity contribution is -0.142. The lowest BCUT2D eigenvalue weighted by atomic mass is 9.95. The normalized spacial score (nSPS) is 14.2. The highest BCUT2D eigenvalue weighted by atomic mass is 19.4. The lowest BCUT2D eigenvalue weighted by Gasteiger charge is -2.22. The van der Waals surface area contributed by atoms with Gasteiger partial charge in [0.15, 0.2) is 5.69 Å². The Hall–Kier alpha value is -4.72. The zero-order valence-electron chi connectivity index (χ0n) is 21.8. The van der Waals surface area contributed by atoms with E-state index in [0.717, 1.165) is 22.9 Å². The second kappa shape index (κ2) is 12.4. The second-order valence-electron chi connectivity index (χ2n) is 9.36. The molecule has 42 heavy (non-hydrogen) atoms. The van der Waals surface area contributed by atoms with Crippen LogP contribution in [0.25, 0.3) is 5.57 Å². The molecular weight excluding hydrogens is 566 g/mol. The van der Waals surface area contributed by atoms with Crippen molar-refractivity contribution in [2.45, 2.75) is 38.3 Å². The molecule has 3 aromatic rings. The molecule has 0 radical (unpaired) electrons. The Kier molecular flexibility index (Phi) is 8.95. The standard InChI is InChI=1S/C28H24F6N6O2/c1-15(4-5-17(29)11-24(35)41)20-3-2-6-37-26(20)22(9-16-7-18(30)10-19(31)8-16)38-25(42)14-40-23-13-36-12-21(23)27(39-40)28(32,33)34/h2-8,10-11,22,36H,1,9,12-14H2,(H2,35,41)(H,38,42). The Morgan fingerprint density at radius 1 is 1.17 bits per heavy atom. The van der Waals surface area contributed by atoms with Gasteiger partial charge in [0, 0.05) is 42.6 Å². The topological polar surface area (TPSA) is 115 Å². The van der Waals surface area contributed by atoms with Crippen LogP contribution in [0.2, 0.25) is 0 Å². The minimum atomic E-state index is -4.72. The predicted molar refractivity (Wildman–Crippen MR) is 140 cm³/mol. The third-order valence-electron chi connectivity index (χ3n) is 6.26. The van der Waals surface area contributed by atoms with Gasteiger partial charge in [-0.1, -0.05) is 18.7 Å². The quantitative estimate of drug-likeness (QED) is 0.186. The SMILES string of the molecule is C=C(C=CC(F)=CC(N)=O)c1cccnc1C(Cc1cc(F)cc(F)c1)NC(=O)Cn1nc(C(F)(F)F)c2c1CNC2. The molecule has 1 aromatic carbocycles. The molecule has 3 heterocycles. The molecule has 1 aliphatic rings. The van der Waals surface area contributed by atoms with Gasteiger partial charge in [-0.05, 0) is 41.8 Å². The summed E-state index contributed by atoms with van der Waals surface area (Å²) in [5, 5.41) is 9.10. The summed E-state index contributed by atoms with van der Waals surface area (Å²) in [7, 11) is 0. The van der Waals surface area contributed by atoms with Crippen molar-refractivity contribution in [3.05, 3.63) is 113 Å². The number of carbonyl (C=O) groups is 2. The third kappa shape index (κ3) is 7.32. The van der Waals surface area contributed by atoms with Crippen molar-refractivity contribution < 1.29 is 35.9 Å². The third-order valence-corrected chi connectivity index (χ3v) is 6.26. The number of pyridine rings is 1. The van der Waals surface area contributed by atoms with E-state index in [-0.39, 0.29) is 47.6 Å². The lowest BCUT2D eigenvalue weighted by Crippen LogP contribution is -2.34. The fraction of sp³-hybridized carbons (Fsp3) is 0.214. The largest absolute Gasteiger partial charge is 0.435 e. The molecule has 0 bridgehead atoms. The monoisotopic (exact) mass is 590 g/mol. The highest BCUT2D eigenvalue weighted by Crippen LogP contribution is 2.34. The maximum atomic E-state index is 14.0. The van der Waals surface area contributed by atoms with Crippen molar-refractivity contribution in [3.8, 4) is 0 Å². The Morgan fingerprint density at radius 3 is 2.55 bits per heavy atom. The molecule has 1 atom stereocenters. The Morgan fingerprint density at radius 2 is 1.88 bits per heavy atom. The zero-order chi connectivity index (χ0) is 30.6. The van der Waals surface area contributed by atoms with E-state index < -0.39 is 53.7 Å². The van der Waals surface area contributed by atoms with Crippen molar-refractivity contribution >= 4 is 17.4 Å². The predicted octanol–water partition coefficient (Wildman–Crippen LogP) is 4.19. The first kappa shape index (κ1) is 30.2. The van der Waals surface area contributed by atoms with Gasteiger partial charge < -0.3 is 16.4 Å². The number of nitrogens with zero attached hydrogens (tertiary/aromatic N) is 3. The van der Waals surface area contributed by atoms with Gasteiger partial charge in [0.25, 0.3) is 0 Å². The number of fused-ring (bicyclic) bond motifs is 1. The Bertz CT molecular complexity index is 1570. The van der Waals surface area contributed by atoms with E-state index in [9.17, 15) is 35.9 Å². The summed E-state index contributed by atoms with van der Waals surface area (Å²) in [5.41, 5.74) is 4.85. The van der Waals surface area contributed by atoms with Gasteiger partial charge in [0.2, 0.25) is 11.8 Å². The number of primary amides is 1. The molecule has 0 saturated carbocycles. The van der Waals surface area contributed by atoms with Crippen molar-refractivity contribution in [1.29, 1.82) is 0 Å². The van der Waals surface area contributed by atoms with Crippen LogP contribution in [0, 0.1) is 11.6 Å². The van der Waals surface area contributed by atoms with Gasteiger partial charge in [-0.25, -0.2) is 13.2 Å². The molecule has 1 unspecified atom stereocenters. The van der Waals surface area contributed by atoms with Crippen LogP contribution >= 0.6 is 0 Å². The van der Waals surface area contributed by atoms with Crippen LogP contribution < -0.4 is 16.4 Å². The van der Waals surface area contributed by atoms with E-state index in [1.54, 1.807) is 6.07 Å². The molecule has 0 aliphatic carbocycles. The van der Waals surface area contributed by atoms with Gasteiger partial charge in [-0.15, -0.1) is 0 Å². The Balaban J connectivity index is 1.67. The van der Waals surface area contributed by atoms with E-state index in [1.807, 2.05) is 0 Å². The molecular formula is C28H24F6N6O2. The average Bonchev–Trinajstić information content (AvgIpc) is 3.49. The summed E-state index contributed by atoms with van der Waals surface area (Å²) in [6.45, 7) is 3.31. The summed E-state index contributed by atoms with van der Waals surface area (Å²) < 4.78 is 83.3. The molecule has 220 valence electrons. The first-order chi connectivity index (χ1) is 19.8. The number of allylic oxidation sites excluding steroid dienone is 4. The number of amides is 2. The number of aromatic nitrogens is 3. The molecule has 0 saturated heterocycles. The van der Waals surface area contributed by atoms with Crippen LogP contribution in [0.5, 0.6) is 0 Å². The van der Waals surface area contributed by atoms with Gasteiger partial charge in [0.1, 0.15) is 24.0 Å². The van der Waals surface area contributed by atoms with E-state index in [1.165, 1.54) is 18.3 Å². The van der Waals surface area contributed by atoms with Crippen LogP contribution in [-0.2, 0) is 41.8 Å². The molecule has 4 rings (SSSR count). The molecule has 1 aliphatic heterocycles. The van der Waals surface area contributed by atoms with Crippen LogP contribution in [-0.4, -0.2) is 26.6 Å². The number of nitrogens with one attached hydrogen (secondary N) is 2. The van der Waals surface area contributed by atoms with Crippen molar-refractivity contribution in [1.82, 2.24) is 25.4 Å². The van der Waals surface area contributed by atoms with Gasteiger partial charge >= 0.3 is 6.18 Å². The summed E-state index contributed by atoms with van der Waals surface area (Å²) in [6, 6.07) is 4.82. The first-order valence-electron chi connectivity index (χ1n) is 12.4. The van der Waals surface area contributed by atoms with Gasteiger partial charge in [0.05, 0.1) is 17.4 Å². The number of rotatable bonds is 10. The number of alkyl halides is 3. The minimum absolute atomic E-state index is 0.0465. The average molecular weight is 591 g/mol.